The van der Waals surface area contributed by atoms with Crippen molar-refractivity contribution in [3.8, 4) is 0 Å². The van der Waals surface area contributed by atoms with Gasteiger partial charge in [0.1, 0.15) is 0 Å². The third-order valence-corrected chi connectivity index (χ3v) is 3.14. The largest absolute Gasteiger partial charge is 0.374 e. The van der Waals surface area contributed by atoms with Gasteiger partial charge < -0.3 is 10.6 Å². The van der Waals surface area contributed by atoms with Crippen molar-refractivity contribution in [1.29, 1.82) is 0 Å². The summed E-state index contributed by atoms with van der Waals surface area (Å²) in [4.78, 5) is 2.29. The molecule has 1 aromatic carbocycles. The van der Waals surface area contributed by atoms with Crippen molar-refractivity contribution < 1.29 is 0 Å². The van der Waals surface area contributed by atoms with Crippen molar-refractivity contribution in [3.63, 3.8) is 0 Å². The smallest absolute Gasteiger partial charge is 0.0410 e. The van der Waals surface area contributed by atoms with Crippen LogP contribution in [-0.4, -0.2) is 20.1 Å². The lowest BCUT2D eigenvalue weighted by molar-refractivity contribution is 0.584. The average Bonchev–Trinajstić information content (AvgIpc) is 2.26. The van der Waals surface area contributed by atoms with Gasteiger partial charge in [-0.3, -0.25) is 0 Å². The molecule has 0 bridgehead atoms. The van der Waals surface area contributed by atoms with Gasteiger partial charge in [0, 0.05) is 24.3 Å². The Morgan fingerprint density at radius 3 is 2.65 bits per heavy atom. The second kappa shape index (κ2) is 6.87. The molecule has 0 saturated heterocycles. The molecule has 96 valence electrons. The molecule has 0 spiro atoms. The number of hydrogen-bond acceptors (Lipinski definition) is 2. The first-order valence-corrected chi connectivity index (χ1v) is 6.62. The molecule has 17 heavy (non-hydrogen) atoms. The maximum Gasteiger partial charge on any atom is 0.0410 e. The maximum absolute atomic E-state index is 6.03. The lowest BCUT2D eigenvalue weighted by Crippen LogP contribution is -2.21. The van der Waals surface area contributed by atoms with E-state index in [1.807, 2.05) is 12.1 Å². The summed E-state index contributed by atoms with van der Waals surface area (Å²) in [7, 11) is 2.13. The van der Waals surface area contributed by atoms with Crippen LogP contribution in [0.2, 0.25) is 5.02 Å². The van der Waals surface area contributed by atoms with Crippen molar-refractivity contribution in [2.24, 2.45) is 11.7 Å². The summed E-state index contributed by atoms with van der Waals surface area (Å²) in [6, 6.07) is 6.06. The summed E-state index contributed by atoms with van der Waals surface area (Å²) in [5.74, 6) is 0.725. The minimum Gasteiger partial charge on any atom is -0.374 e. The Kier molecular flexibility index (Phi) is 5.79. The number of anilines is 1. The van der Waals surface area contributed by atoms with E-state index < -0.39 is 0 Å². The van der Waals surface area contributed by atoms with Crippen molar-refractivity contribution in [1.82, 2.24) is 0 Å². The molecule has 1 rings (SSSR count). The zero-order valence-electron chi connectivity index (χ0n) is 11.0. The summed E-state index contributed by atoms with van der Waals surface area (Å²) in [5, 5.41) is 0.787. The number of hydrogen-bond donors (Lipinski definition) is 1. The summed E-state index contributed by atoms with van der Waals surface area (Å²) in [5.41, 5.74) is 8.13. The fourth-order valence-corrected chi connectivity index (χ4v) is 2.05. The van der Waals surface area contributed by atoms with Crippen molar-refractivity contribution in [2.75, 3.05) is 25.0 Å². The number of nitrogens with zero attached hydrogens (tertiary/aromatic N) is 1. The number of nitrogens with two attached hydrogens (primary N) is 1. The van der Waals surface area contributed by atoms with E-state index in [4.69, 9.17) is 17.3 Å². The fourth-order valence-electron chi connectivity index (χ4n) is 1.85. The van der Waals surface area contributed by atoms with Gasteiger partial charge >= 0.3 is 0 Å². The first-order valence-electron chi connectivity index (χ1n) is 6.24. The molecule has 0 radical (unpaired) electrons. The maximum atomic E-state index is 6.03. The zero-order chi connectivity index (χ0) is 12.8. The standard InChI is InChI=1S/C14H23ClN2/c1-11(2)7-9-17(3)14-5-4-13(15)10-12(14)6-8-16/h4-5,10-11H,6-9,16H2,1-3H3. The van der Waals surface area contributed by atoms with E-state index in [-0.39, 0.29) is 0 Å². The van der Waals surface area contributed by atoms with Crippen LogP contribution in [0.15, 0.2) is 18.2 Å². The Bertz CT molecular complexity index is 350. The van der Waals surface area contributed by atoms with Crippen LogP contribution >= 0.6 is 11.6 Å². The normalized spacial score (nSPS) is 10.9. The lowest BCUT2D eigenvalue weighted by atomic mass is 10.1. The number of halogens is 1. The molecule has 0 aliphatic heterocycles. The van der Waals surface area contributed by atoms with Crippen LogP contribution in [-0.2, 0) is 6.42 Å². The number of benzene rings is 1. The van der Waals surface area contributed by atoms with E-state index in [2.05, 4.69) is 31.9 Å². The van der Waals surface area contributed by atoms with Crippen molar-refractivity contribution in [2.45, 2.75) is 26.7 Å². The Balaban J connectivity index is 2.80. The van der Waals surface area contributed by atoms with Crippen molar-refractivity contribution in [3.05, 3.63) is 28.8 Å². The minimum atomic E-state index is 0.658. The van der Waals surface area contributed by atoms with Gasteiger partial charge in [-0.05, 0) is 49.1 Å². The summed E-state index contributed by atoms with van der Waals surface area (Å²) >= 11 is 6.03. The SMILES string of the molecule is CC(C)CCN(C)c1ccc(Cl)cc1CCN. The molecule has 1 aromatic rings. The third-order valence-electron chi connectivity index (χ3n) is 2.91. The molecule has 0 fully saturated rings. The van der Waals surface area contributed by atoms with E-state index in [0.29, 0.717) is 6.54 Å². The molecule has 2 N–H and O–H groups in total. The molecular formula is C14H23ClN2. The number of rotatable bonds is 6. The summed E-state index contributed by atoms with van der Waals surface area (Å²) in [6.07, 6.45) is 2.07. The molecule has 0 amide bonds. The predicted octanol–water partition coefficient (Wildman–Crippen LogP) is 3.32. The van der Waals surface area contributed by atoms with Gasteiger partial charge in [0.05, 0.1) is 0 Å². The van der Waals surface area contributed by atoms with Crippen LogP contribution in [0.3, 0.4) is 0 Å². The minimum absolute atomic E-state index is 0.658. The Morgan fingerprint density at radius 1 is 1.35 bits per heavy atom. The quantitative estimate of drug-likeness (QED) is 0.844. The highest BCUT2D eigenvalue weighted by Gasteiger charge is 2.08. The van der Waals surface area contributed by atoms with E-state index in [9.17, 15) is 0 Å². The molecule has 0 atom stereocenters. The van der Waals surface area contributed by atoms with Crippen LogP contribution in [0, 0.1) is 5.92 Å². The molecule has 0 aromatic heterocycles. The third kappa shape index (κ3) is 4.57. The van der Waals surface area contributed by atoms with E-state index in [0.717, 1.165) is 23.9 Å². The molecule has 3 heteroatoms. The van der Waals surface area contributed by atoms with Crippen LogP contribution < -0.4 is 10.6 Å². The van der Waals surface area contributed by atoms with Crippen LogP contribution in [0.4, 0.5) is 5.69 Å². The molecule has 0 saturated carbocycles. The Morgan fingerprint density at radius 2 is 2.06 bits per heavy atom. The highest BCUT2D eigenvalue weighted by atomic mass is 35.5. The van der Waals surface area contributed by atoms with Gasteiger partial charge in [-0.15, -0.1) is 0 Å². The van der Waals surface area contributed by atoms with Gasteiger partial charge in [0.25, 0.3) is 0 Å². The molecule has 0 unspecified atom stereocenters. The first-order chi connectivity index (χ1) is 8.04. The van der Waals surface area contributed by atoms with Gasteiger partial charge in [0.2, 0.25) is 0 Å². The average molecular weight is 255 g/mol. The zero-order valence-corrected chi connectivity index (χ0v) is 11.8. The van der Waals surface area contributed by atoms with Crippen LogP contribution in [0.5, 0.6) is 0 Å². The molecule has 2 nitrogen and oxygen atoms in total. The van der Waals surface area contributed by atoms with Crippen LogP contribution in [0.25, 0.3) is 0 Å². The van der Waals surface area contributed by atoms with Crippen molar-refractivity contribution >= 4 is 17.3 Å². The first kappa shape index (κ1) is 14.3. The van der Waals surface area contributed by atoms with E-state index in [1.165, 1.54) is 17.7 Å². The van der Waals surface area contributed by atoms with Gasteiger partial charge in [-0.2, -0.15) is 0 Å². The highest BCUT2D eigenvalue weighted by Crippen LogP contribution is 2.24. The molecule has 0 aliphatic rings. The van der Waals surface area contributed by atoms with Crippen LogP contribution in [0.1, 0.15) is 25.8 Å². The van der Waals surface area contributed by atoms with Gasteiger partial charge in [-0.25, -0.2) is 0 Å². The Labute approximate surface area is 110 Å². The second-order valence-electron chi connectivity index (χ2n) is 4.92. The topological polar surface area (TPSA) is 29.3 Å². The van der Waals surface area contributed by atoms with E-state index >= 15 is 0 Å². The lowest BCUT2D eigenvalue weighted by Gasteiger charge is -2.23. The molecular weight excluding hydrogens is 232 g/mol. The van der Waals surface area contributed by atoms with E-state index in [1.54, 1.807) is 0 Å². The fraction of sp³-hybridized carbons (Fsp3) is 0.571. The second-order valence-corrected chi connectivity index (χ2v) is 5.35. The molecule has 0 heterocycles. The predicted molar refractivity (Wildman–Crippen MR) is 76.9 cm³/mol. The highest BCUT2D eigenvalue weighted by molar-refractivity contribution is 6.30. The monoisotopic (exact) mass is 254 g/mol. The van der Waals surface area contributed by atoms with Gasteiger partial charge in [0.15, 0.2) is 0 Å². The summed E-state index contributed by atoms with van der Waals surface area (Å²) < 4.78 is 0. The summed E-state index contributed by atoms with van der Waals surface area (Å²) in [6.45, 7) is 6.22. The molecule has 0 aliphatic carbocycles. The van der Waals surface area contributed by atoms with Gasteiger partial charge in [-0.1, -0.05) is 25.4 Å². The Hall–Kier alpha value is -0.730.